The second-order valence-electron chi connectivity index (χ2n) is 3.48. The zero-order valence-corrected chi connectivity index (χ0v) is 9.65. The molecule has 1 rings (SSSR count). The van der Waals surface area contributed by atoms with Crippen molar-refractivity contribution >= 4 is 11.7 Å². The Labute approximate surface area is 101 Å². The van der Waals surface area contributed by atoms with Gasteiger partial charge in [-0.15, -0.1) is 0 Å². The molecule has 18 heavy (non-hydrogen) atoms. The molecule has 0 aliphatic rings. The standard InChI is InChI=1S/C10H10F2N2O4/c1-5-3-6(4-7(15)18-2)13-8(10(11)12)9(5)14(16)17/h3,10H,4H2,1-2H3. The number of methoxy groups -OCH3 is 1. The van der Waals surface area contributed by atoms with Gasteiger partial charge >= 0.3 is 5.97 Å². The first-order valence-electron chi connectivity index (χ1n) is 4.86. The SMILES string of the molecule is COC(=O)Cc1cc(C)c([N+](=O)[O-])c(C(F)F)n1. The summed E-state index contributed by atoms with van der Waals surface area (Å²) >= 11 is 0. The molecule has 0 bridgehead atoms. The lowest BCUT2D eigenvalue weighted by atomic mass is 10.1. The van der Waals surface area contributed by atoms with E-state index in [-0.39, 0.29) is 17.7 Å². The van der Waals surface area contributed by atoms with Crippen LogP contribution in [-0.4, -0.2) is 23.0 Å². The first-order valence-corrected chi connectivity index (χ1v) is 4.86. The normalized spacial score (nSPS) is 10.5. The van der Waals surface area contributed by atoms with Crippen molar-refractivity contribution in [2.24, 2.45) is 0 Å². The molecule has 6 nitrogen and oxygen atoms in total. The molecule has 0 unspecified atom stereocenters. The van der Waals surface area contributed by atoms with Crippen LogP contribution in [0, 0.1) is 17.0 Å². The van der Waals surface area contributed by atoms with Crippen LogP contribution in [0.15, 0.2) is 6.07 Å². The monoisotopic (exact) mass is 260 g/mol. The van der Waals surface area contributed by atoms with E-state index >= 15 is 0 Å². The molecule has 1 aromatic heterocycles. The van der Waals surface area contributed by atoms with Crippen molar-refractivity contribution in [3.8, 4) is 0 Å². The summed E-state index contributed by atoms with van der Waals surface area (Å²) in [6, 6.07) is 1.22. The third-order valence-electron chi connectivity index (χ3n) is 2.21. The number of pyridine rings is 1. The van der Waals surface area contributed by atoms with Crippen molar-refractivity contribution in [3.05, 3.63) is 33.1 Å². The molecule has 0 amide bonds. The second-order valence-corrected chi connectivity index (χ2v) is 3.48. The smallest absolute Gasteiger partial charge is 0.311 e. The molecule has 0 aromatic carbocycles. The fourth-order valence-electron chi connectivity index (χ4n) is 1.46. The Hall–Kier alpha value is -2.12. The van der Waals surface area contributed by atoms with Crippen molar-refractivity contribution in [3.63, 3.8) is 0 Å². The van der Waals surface area contributed by atoms with Crippen LogP contribution in [0.1, 0.15) is 23.4 Å². The molecule has 0 saturated carbocycles. The van der Waals surface area contributed by atoms with Crippen LogP contribution in [0.25, 0.3) is 0 Å². The second kappa shape index (κ2) is 5.48. The van der Waals surface area contributed by atoms with Gasteiger partial charge in [0.25, 0.3) is 12.1 Å². The molecule has 0 aliphatic carbocycles. The number of rotatable bonds is 4. The minimum Gasteiger partial charge on any atom is -0.469 e. The molecule has 0 aliphatic heterocycles. The van der Waals surface area contributed by atoms with Gasteiger partial charge in [0.05, 0.1) is 24.1 Å². The Morgan fingerprint density at radius 2 is 2.22 bits per heavy atom. The van der Waals surface area contributed by atoms with E-state index < -0.39 is 28.7 Å². The molecule has 0 radical (unpaired) electrons. The average molecular weight is 260 g/mol. The Balaban J connectivity index is 3.27. The van der Waals surface area contributed by atoms with Crippen LogP contribution in [0.5, 0.6) is 0 Å². The number of hydrogen-bond acceptors (Lipinski definition) is 5. The minimum atomic E-state index is -3.08. The van der Waals surface area contributed by atoms with E-state index in [9.17, 15) is 23.7 Å². The van der Waals surface area contributed by atoms with Gasteiger partial charge in [-0.2, -0.15) is 0 Å². The number of carbonyl (C=O) groups is 1. The molecule has 0 fully saturated rings. The molecular weight excluding hydrogens is 250 g/mol. The maximum absolute atomic E-state index is 12.7. The summed E-state index contributed by atoms with van der Waals surface area (Å²) in [4.78, 5) is 24.2. The van der Waals surface area contributed by atoms with Crippen LogP contribution in [0.2, 0.25) is 0 Å². The molecule has 0 spiro atoms. The number of aromatic nitrogens is 1. The Kier molecular flexibility index (Phi) is 4.24. The van der Waals surface area contributed by atoms with E-state index in [1.807, 2.05) is 0 Å². The van der Waals surface area contributed by atoms with Gasteiger partial charge in [0, 0.05) is 5.56 Å². The number of aryl methyl sites for hydroxylation is 1. The summed E-state index contributed by atoms with van der Waals surface area (Å²) in [5, 5.41) is 10.7. The molecule has 0 N–H and O–H groups in total. The Morgan fingerprint density at radius 3 is 2.67 bits per heavy atom. The topological polar surface area (TPSA) is 82.3 Å². The van der Waals surface area contributed by atoms with Gasteiger partial charge in [-0.05, 0) is 13.0 Å². The van der Waals surface area contributed by atoms with E-state index in [1.165, 1.54) is 13.0 Å². The van der Waals surface area contributed by atoms with E-state index in [2.05, 4.69) is 9.72 Å². The first kappa shape index (κ1) is 13.9. The maximum Gasteiger partial charge on any atom is 0.311 e. The number of alkyl halides is 2. The summed E-state index contributed by atoms with van der Waals surface area (Å²) in [5.74, 6) is -0.657. The van der Waals surface area contributed by atoms with Gasteiger partial charge in [-0.1, -0.05) is 0 Å². The molecule has 0 saturated heterocycles. The third kappa shape index (κ3) is 2.96. The third-order valence-corrected chi connectivity index (χ3v) is 2.21. The van der Waals surface area contributed by atoms with Crippen LogP contribution in [0.4, 0.5) is 14.5 Å². The number of ether oxygens (including phenoxy) is 1. The fraction of sp³-hybridized carbons (Fsp3) is 0.400. The highest BCUT2D eigenvalue weighted by Crippen LogP contribution is 2.30. The summed E-state index contributed by atoms with van der Waals surface area (Å²) in [6.07, 6.45) is -3.39. The van der Waals surface area contributed by atoms with E-state index in [4.69, 9.17) is 0 Å². The molecular formula is C10H10F2N2O4. The molecule has 0 atom stereocenters. The predicted molar refractivity (Wildman–Crippen MR) is 56.3 cm³/mol. The van der Waals surface area contributed by atoms with Gasteiger partial charge in [0.15, 0.2) is 5.69 Å². The van der Waals surface area contributed by atoms with E-state index in [1.54, 1.807) is 0 Å². The lowest BCUT2D eigenvalue weighted by molar-refractivity contribution is -0.387. The zero-order valence-electron chi connectivity index (χ0n) is 9.65. The van der Waals surface area contributed by atoms with Gasteiger partial charge in [-0.25, -0.2) is 13.8 Å². The minimum absolute atomic E-state index is 0.0141. The fourth-order valence-corrected chi connectivity index (χ4v) is 1.46. The summed E-state index contributed by atoms with van der Waals surface area (Å²) in [6.45, 7) is 1.31. The highest BCUT2D eigenvalue weighted by molar-refractivity contribution is 5.72. The lowest BCUT2D eigenvalue weighted by Gasteiger charge is -2.07. The van der Waals surface area contributed by atoms with Crippen LogP contribution in [-0.2, 0) is 16.0 Å². The van der Waals surface area contributed by atoms with Crippen LogP contribution < -0.4 is 0 Å². The van der Waals surface area contributed by atoms with Crippen molar-refractivity contribution in [2.45, 2.75) is 19.8 Å². The summed E-state index contributed by atoms with van der Waals surface area (Å²) < 4.78 is 29.7. The Morgan fingerprint density at radius 1 is 1.61 bits per heavy atom. The lowest BCUT2D eigenvalue weighted by Crippen LogP contribution is -2.10. The van der Waals surface area contributed by atoms with Crippen molar-refractivity contribution in [1.82, 2.24) is 4.98 Å². The molecule has 8 heteroatoms. The molecule has 1 heterocycles. The van der Waals surface area contributed by atoms with E-state index in [0.29, 0.717) is 0 Å². The zero-order chi connectivity index (χ0) is 13.9. The number of nitrogens with zero attached hydrogens (tertiary/aromatic N) is 2. The van der Waals surface area contributed by atoms with Crippen molar-refractivity contribution in [1.29, 1.82) is 0 Å². The van der Waals surface area contributed by atoms with Gasteiger partial charge < -0.3 is 4.74 Å². The van der Waals surface area contributed by atoms with Crippen molar-refractivity contribution in [2.75, 3.05) is 7.11 Å². The molecule has 98 valence electrons. The van der Waals surface area contributed by atoms with E-state index in [0.717, 1.165) is 7.11 Å². The van der Waals surface area contributed by atoms with Gasteiger partial charge in [-0.3, -0.25) is 14.9 Å². The predicted octanol–water partition coefficient (Wildman–Crippen LogP) is 1.95. The average Bonchev–Trinajstić information content (AvgIpc) is 2.27. The van der Waals surface area contributed by atoms with Crippen LogP contribution >= 0.6 is 0 Å². The number of hydrogen-bond donors (Lipinski definition) is 0. The summed E-state index contributed by atoms with van der Waals surface area (Å²) in [7, 11) is 1.15. The van der Waals surface area contributed by atoms with Gasteiger partial charge in [0.2, 0.25) is 0 Å². The number of nitro groups is 1. The Bertz CT molecular complexity index is 491. The van der Waals surface area contributed by atoms with Crippen molar-refractivity contribution < 1.29 is 23.2 Å². The molecule has 1 aromatic rings. The largest absolute Gasteiger partial charge is 0.469 e. The number of carbonyl (C=O) groups excluding carboxylic acids is 1. The first-order chi connectivity index (χ1) is 8.36. The highest BCUT2D eigenvalue weighted by atomic mass is 19.3. The summed E-state index contributed by atoms with van der Waals surface area (Å²) in [5.41, 5.74) is -1.61. The highest BCUT2D eigenvalue weighted by Gasteiger charge is 2.27. The quantitative estimate of drug-likeness (QED) is 0.469. The maximum atomic E-state index is 12.7. The van der Waals surface area contributed by atoms with Gasteiger partial charge in [0.1, 0.15) is 0 Å². The number of halogens is 2. The van der Waals surface area contributed by atoms with Crippen LogP contribution in [0.3, 0.4) is 0 Å². The number of esters is 1.